The first kappa shape index (κ1) is 36.7. The molecule has 3 N–H and O–H groups in total. The molecule has 3 aromatic carbocycles. The second-order valence-electron chi connectivity index (χ2n) is 12.0. The molecule has 0 bridgehead atoms. The lowest BCUT2D eigenvalue weighted by atomic mass is 9.99. The maximum atomic E-state index is 13.3. The second-order valence-corrected chi connectivity index (χ2v) is 14.8. The van der Waals surface area contributed by atoms with E-state index in [-0.39, 0.29) is 23.0 Å². The minimum absolute atomic E-state index is 0.0565. The van der Waals surface area contributed by atoms with E-state index >= 15 is 0 Å². The van der Waals surface area contributed by atoms with Crippen molar-refractivity contribution in [2.45, 2.75) is 16.7 Å². The Morgan fingerprint density at radius 1 is 0.943 bits per heavy atom. The monoisotopic (exact) mass is 754 g/mol. The molecule has 2 amide bonds. The zero-order valence-corrected chi connectivity index (χ0v) is 30.0. The number of nitrogens with zero attached hydrogens (tertiary/aromatic N) is 6. The number of aromatic hydroxyl groups is 1. The summed E-state index contributed by atoms with van der Waals surface area (Å²) >= 11 is 1.57. The van der Waals surface area contributed by atoms with Gasteiger partial charge in [0.15, 0.2) is 11.5 Å². The lowest BCUT2D eigenvalue weighted by Gasteiger charge is -2.35. The Balaban J connectivity index is 1.02. The number of aromatic nitrogens is 3. The number of amides is 2. The van der Waals surface area contributed by atoms with Crippen LogP contribution < -0.4 is 14.9 Å². The molecule has 17 heteroatoms. The van der Waals surface area contributed by atoms with Crippen LogP contribution in [0.3, 0.4) is 0 Å². The van der Waals surface area contributed by atoms with Gasteiger partial charge in [-0.3, -0.25) is 24.7 Å². The molecule has 2 aromatic heterocycles. The molecule has 0 unspecified atom stereocenters. The first-order chi connectivity index (χ1) is 25.5. The molecular weight excluding hydrogens is 721 g/mol. The fourth-order valence-corrected chi connectivity index (χ4v) is 7.49. The molecule has 15 nitrogen and oxygen atoms in total. The zero-order valence-electron chi connectivity index (χ0n) is 28.4. The van der Waals surface area contributed by atoms with E-state index in [1.54, 1.807) is 35.0 Å². The highest BCUT2D eigenvalue weighted by Crippen LogP contribution is 2.29. The highest BCUT2D eigenvalue weighted by atomic mass is 32.2. The van der Waals surface area contributed by atoms with Gasteiger partial charge in [-0.05, 0) is 72.6 Å². The van der Waals surface area contributed by atoms with Gasteiger partial charge in [-0.1, -0.05) is 24.3 Å². The number of thioether (sulfide) groups is 1. The van der Waals surface area contributed by atoms with Gasteiger partial charge in [-0.15, -0.1) is 22.0 Å². The number of anilines is 2. The van der Waals surface area contributed by atoms with E-state index in [9.17, 15) is 33.2 Å². The Labute approximate surface area is 309 Å². The minimum atomic E-state index is -4.49. The molecule has 0 spiro atoms. The quantitative estimate of drug-likeness (QED) is 0.0683. The van der Waals surface area contributed by atoms with Crippen molar-refractivity contribution in [3.63, 3.8) is 0 Å². The number of hydrogen-bond donors (Lipinski definition) is 3. The number of aryl methyl sites for hydroxylation is 1. The molecule has 1 aliphatic rings. The van der Waals surface area contributed by atoms with E-state index in [0.717, 1.165) is 27.7 Å². The van der Waals surface area contributed by atoms with Gasteiger partial charge in [0.2, 0.25) is 0 Å². The fraction of sp³-hybridized carbons (Fsp3) is 0.194. The van der Waals surface area contributed by atoms with Crippen molar-refractivity contribution in [2.75, 3.05) is 48.7 Å². The van der Waals surface area contributed by atoms with Gasteiger partial charge in [0.1, 0.15) is 11.4 Å². The van der Waals surface area contributed by atoms with Gasteiger partial charge in [-0.2, -0.15) is 0 Å². The van der Waals surface area contributed by atoms with Crippen LogP contribution in [-0.4, -0.2) is 88.8 Å². The summed E-state index contributed by atoms with van der Waals surface area (Å²) in [6.45, 7) is 3.99. The molecule has 0 radical (unpaired) electrons. The van der Waals surface area contributed by atoms with Gasteiger partial charge in [0, 0.05) is 66.8 Å². The van der Waals surface area contributed by atoms with Crippen LogP contribution >= 0.6 is 11.8 Å². The molecular formula is C36H34N8O7S2. The number of nitro groups is 1. The summed E-state index contributed by atoms with van der Waals surface area (Å²) < 4.78 is 28.0. The molecule has 53 heavy (non-hydrogen) atoms. The number of nitrogens with one attached hydrogen (secondary N) is 2. The lowest BCUT2D eigenvalue weighted by molar-refractivity contribution is -0.384. The third-order valence-corrected chi connectivity index (χ3v) is 10.8. The molecule has 6 rings (SSSR count). The van der Waals surface area contributed by atoms with E-state index in [1.165, 1.54) is 30.5 Å². The topological polar surface area (TPSA) is 201 Å². The summed E-state index contributed by atoms with van der Waals surface area (Å²) in [6, 6.07) is 22.9. The third kappa shape index (κ3) is 8.88. The van der Waals surface area contributed by atoms with E-state index in [4.69, 9.17) is 0 Å². The van der Waals surface area contributed by atoms with Crippen molar-refractivity contribution in [3.8, 4) is 16.9 Å². The molecule has 0 aliphatic carbocycles. The van der Waals surface area contributed by atoms with Gasteiger partial charge in [0.25, 0.3) is 27.5 Å². The van der Waals surface area contributed by atoms with Crippen LogP contribution in [0.25, 0.3) is 11.1 Å². The molecule has 0 atom stereocenters. The highest BCUT2D eigenvalue weighted by Gasteiger charge is 2.26. The summed E-state index contributed by atoms with van der Waals surface area (Å²) in [4.78, 5) is 45.5. The summed E-state index contributed by atoms with van der Waals surface area (Å²) in [5, 5.41) is 32.6. The normalized spacial score (nSPS) is 13.0. The van der Waals surface area contributed by atoms with Crippen LogP contribution in [-0.2, 0) is 10.0 Å². The second kappa shape index (κ2) is 16.1. The summed E-state index contributed by atoms with van der Waals surface area (Å²) in [7, 11) is -4.49. The number of carbonyl (C=O) groups excluding carboxylic acids is 2. The number of rotatable bonds is 12. The number of pyridine rings is 1. The molecule has 5 aromatic rings. The first-order valence-electron chi connectivity index (χ1n) is 16.4. The van der Waals surface area contributed by atoms with Crippen LogP contribution in [0.15, 0.2) is 107 Å². The molecule has 1 fully saturated rings. The molecule has 1 aliphatic heterocycles. The third-order valence-electron chi connectivity index (χ3n) is 8.41. The van der Waals surface area contributed by atoms with Gasteiger partial charge in [0.05, 0.1) is 16.0 Å². The van der Waals surface area contributed by atoms with Crippen molar-refractivity contribution >= 4 is 50.8 Å². The Hall–Kier alpha value is -6.07. The van der Waals surface area contributed by atoms with Gasteiger partial charge >= 0.3 is 0 Å². The lowest BCUT2D eigenvalue weighted by Crippen LogP contribution is -2.49. The van der Waals surface area contributed by atoms with Crippen LogP contribution in [0.1, 0.15) is 26.4 Å². The minimum Gasteiger partial charge on any atom is -0.506 e. The standard InChI is InChI=1S/C36H34N8O7S2/c1-24-19-25(7-9-30(24)26-20-27(45)23-37-22-26)36(47)43-16-14-42(15-17-43)34-12-11-32(39-40-34)35(46)41-53(50,51)29-8-10-31(33(21-29)44(48)49)38-13-18-52-28-5-3-2-4-6-28/h2-12,19-23,38,45H,13-18H2,1H3,(H,41,46). The molecule has 3 heterocycles. The molecule has 272 valence electrons. The largest absolute Gasteiger partial charge is 0.506 e. The number of piperazine rings is 1. The van der Waals surface area contributed by atoms with Crippen molar-refractivity contribution in [2.24, 2.45) is 0 Å². The van der Waals surface area contributed by atoms with Crippen molar-refractivity contribution < 1.29 is 28.0 Å². The van der Waals surface area contributed by atoms with Gasteiger partial charge in [-0.25, -0.2) is 13.1 Å². The highest BCUT2D eigenvalue weighted by molar-refractivity contribution is 7.99. The summed E-state index contributed by atoms with van der Waals surface area (Å²) in [5.74, 6) is -0.0615. The average molecular weight is 755 g/mol. The first-order valence-corrected chi connectivity index (χ1v) is 18.9. The number of nitro benzene ring substituents is 1. The van der Waals surface area contributed by atoms with Gasteiger partial charge < -0.3 is 20.2 Å². The Bertz CT molecular complexity index is 2250. The summed E-state index contributed by atoms with van der Waals surface area (Å²) in [6.07, 6.45) is 3.00. The van der Waals surface area contributed by atoms with E-state index in [1.807, 2.05) is 59.0 Å². The Morgan fingerprint density at radius 3 is 2.40 bits per heavy atom. The molecule has 1 saturated heterocycles. The average Bonchev–Trinajstić information content (AvgIpc) is 3.16. The number of carbonyl (C=O) groups is 2. The number of sulfonamides is 1. The SMILES string of the molecule is Cc1cc(C(=O)N2CCN(c3ccc(C(=O)NS(=O)(=O)c4ccc(NCCSc5ccccc5)c([N+](=O)[O-])c4)nn3)CC2)ccc1-c1cncc(O)c1. The van der Waals surface area contributed by atoms with Crippen LogP contribution in [0.4, 0.5) is 17.2 Å². The Morgan fingerprint density at radius 2 is 1.72 bits per heavy atom. The van der Waals surface area contributed by atoms with Crippen LogP contribution in [0, 0.1) is 17.0 Å². The van der Waals surface area contributed by atoms with Crippen molar-refractivity contribution in [3.05, 3.63) is 124 Å². The van der Waals surface area contributed by atoms with E-state index in [2.05, 4.69) is 20.5 Å². The zero-order chi connectivity index (χ0) is 37.5. The number of hydrogen-bond acceptors (Lipinski definition) is 13. The van der Waals surface area contributed by atoms with E-state index in [0.29, 0.717) is 49.9 Å². The smallest absolute Gasteiger partial charge is 0.293 e. The maximum Gasteiger partial charge on any atom is 0.293 e. The van der Waals surface area contributed by atoms with Crippen LogP contribution in [0.5, 0.6) is 5.75 Å². The van der Waals surface area contributed by atoms with E-state index < -0.39 is 31.4 Å². The fourth-order valence-electron chi connectivity index (χ4n) is 5.72. The Kier molecular flexibility index (Phi) is 11.1. The summed E-state index contributed by atoms with van der Waals surface area (Å²) in [5.41, 5.74) is 2.43. The van der Waals surface area contributed by atoms with Crippen molar-refractivity contribution in [1.29, 1.82) is 0 Å². The predicted molar refractivity (Wildman–Crippen MR) is 200 cm³/mol. The van der Waals surface area contributed by atoms with Crippen LogP contribution in [0.2, 0.25) is 0 Å². The maximum absolute atomic E-state index is 13.3. The molecule has 0 saturated carbocycles. The number of benzene rings is 3. The predicted octanol–water partition coefficient (Wildman–Crippen LogP) is 4.75. The van der Waals surface area contributed by atoms with Crippen molar-refractivity contribution in [1.82, 2.24) is 24.8 Å².